The summed E-state index contributed by atoms with van der Waals surface area (Å²) in [7, 11) is 0. The van der Waals surface area contributed by atoms with Crippen molar-refractivity contribution in [1.29, 1.82) is 0 Å². The van der Waals surface area contributed by atoms with E-state index in [0.717, 1.165) is 5.69 Å². The molecule has 1 saturated heterocycles. The van der Waals surface area contributed by atoms with Crippen LogP contribution in [0.1, 0.15) is 10.4 Å². The fourth-order valence-electron chi connectivity index (χ4n) is 2.07. The minimum absolute atomic E-state index is 0.241. The van der Waals surface area contributed by atoms with E-state index in [4.69, 9.17) is 4.74 Å². The van der Waals surface area contributed by atoms with Crippen LogP contribution in [0.15, 0.2) is 36.9 Å². The summed E-state index contributed by atoms with van der Waals surface area (Å²) in [5, 5.41) is 19.9. The second-order valence-corrected chi connectivity index (χ2v) is 4.60. The van der Waals surface area contributed by atoms with E-state index < -0.39 is 6.10 Å². The third-order valence-electron chi connectivity index (χ3n) is 3.19. The normalized spacial score (nSPS) is 21.9. The molecule has 0 unspecified atom stereocenters. The van der Waals surface area contributed by atoms with Crippen LogP contribution < -0.4 is 5.32 Å². The molecule has 1 aromatic heterocycles. The zero-order valence-electron chi connectivity index (χ0n) is 10.6. The molecule has 0 spiro atoms. The molecule has 2 aromatic rings. The SMILES string of the molecule is O=C(N[C@H]1COC[C@@H]1O)c1cccc(-n2cnnc2)c1. The van der Waals surface area contributed by atoms with Crippen molar-refractivity contribution < 1.29 is 14.6 Å². The van der Waals surface area contributed by atoms with Gasteiger partial charge in [-0.05, 0) is 18.2 Å². The number of aromatic nitrogens is 3. The number of hydrogen-bond acceptors (Lipinski definition) is 5. The lowest BCUT2D eigenvalue weighted by atomic mass is 10.1. The van der Waals surface area contributed by atoms with Crippen LogP contribution in [0.4, 0.5) is 0 Å². The molecule has 1 aliphatic rings. The number of aliphatic hydroxyl groups excluding tert-OH is 1. The van der Waals surface area contributed by atoms with Crippen molar-refractivity contribution in [2.45, 2.75) is 12.1 Å². The number of amides is 1. The fraction of sp³-hybridized carbons (Fsp3) is 0.308. The summed E-state index contributed by atoms with van der Waals surface area (Å²) in [5.41, 5.74) is 1.31. The van der Waals surface area contributed by atoms with E-state index in [1.807, 2.05) is 6.07 Å². The molecule has 1 aromatic carbocycles. The largest absolute Gasteiger partial charge is 0.388 e. The van der Waals surface area contributed by atoms with Crippen LogP contribution in [-0.4, -0.2) is 51.1 Å². The fourth-order valence-corrected chi connectivity index (χ4v) is 2.07. The lowest BCUT2D eigenvalue weighted by Crippen LogP contribution is -2.42. The van der Waals surface area contributed by atoms with E-state index in [1.165, 1.54) is 0 Å². The smallest absolute Gasteiger partial charge is 0.251 e. The van der Waals surface area contributed by atoms with Gasteiger partial charge in [0, 0.05) is 11.3 Å². The third kappa shape index (κ3) is 2.54. The Morgan fingerprint density at radius 1 is 1.35 bits per heavy atom. The van der Waals surface area contributed by atoms with Gasteiger partial charge in [-0.25, -0.2) is 0 Å². The lowest BCUT2D eigenvalue weighted by molar-refractivity contribution is 0.0886. The molecule has 0 bridgehead atoms. The number of carbonyl (C=O) groups is 1. The van der Waals surface area contributed by atoms with Crippen LogP contribution in [0, 0.1) is 0 Å². The number of benzene rings is 1. The van der Waals surface area contributed by atoms with Gasteiger partial charge in [0.25, 0.3) is 5.91 Å². The van der Waals surface area contributed by atoms with Gasteiger partial charge in [0.2, 0.25) is 0 Å². The number of nitrogens with one attached hydrogen (secondary N) is 1. The molecule has 2 atom stereocenters. The van der Waals surface area contributed by atoms with Crippen LogP contribution in [0.5, 0.6) is 0 Å². The first-order valence-corrected chi connectivity index (χ1v) is 6.26. The lowest BCUT2D eigenvalue weighted by Gasteiger charge is -2.14. The van der Waals surface area contributed by atoms with E-state index >= 15 is 0 Å². The van der Waals surface area contributed by atoms with Crippen molar-refractivity contribution in [2.75, 3.05) is 13.2 Å². The monoisotopic (exact) mass is 274 g/mol. The Hall–Kier alpha value is -2.25. The molecule has 2 heterocycles. The van der Waals surface area contributed by atoms with Gasteiger partial charge in [0.05, 0.1) is 25.4 Å². The number of hydrogen-bond donors (Lipinski definition) is 2. The molecule has 3 rings (SSSR count). The van der Waals surface area contributed by atoms with Gasteiger partial charge in [-0.2, -0.15) is 0 Å². The molecule has 7 heteroatoms. The highest BCUT2D eigenvalue weighted by Gasteiger charge is 2.27. The molecule has 7 nitrogen and oxygen atoms in total. The Kier molecular flexibility index (Phi) is 3.44. The summed E-state index contributed by atoms with van der Waals surface area (Å²) < 4.78 is 6.82. The maximum atomic E-state index is 12.1. The maximum Gasteiger partial charge on any atom is 0.251 e. The summed E-state index contributed by atoms with van der Waals surface area (Å²) in [4.78, 5) is 12.1. The zero-order valence-corrected chi connectivity index (χ0v) is 10.6. The van der Waals surface area contributed by atoms with Crippen molar-refractivity contribution in [1.82, 2.24) is 20.1 Å². The van der Waals surface area contributed by atoms with Crippen molar-refractivity contribution in [3.05, 3.63) is 42.5 Å². The van der Waals surface area contributed by atoms with Crippen LogP contribution >= 0.6 is 0 Å². The molecule has 20 heavy (non-hydrogen) atoms. The third-order valence-corrected chi connectivity index (χ3v) is 3.19. The molecule has 0 radical (unpaired) electrons. The average Bonchev–Trinajstić information content (AvgIpc) is 3.12. The number of aliphatic hydroxyl groups is 1. The molecule has 0 aliphatic carbocycles. The van der Waals surface area contributed by atoms with Crippen LogP contribution in [0.2, 0.25) is 0 Å². The highest BCUT2D eigenvalue weighted by Crippen LogP contribution is 2.11. The summed E-state index contributed by atoms with van der Waals surface area (Å²) in [6.07, 6.45) is 2.47. The van der Waals surface area contributed by atoms with E-state index in [9.17, 15) is 9.90 Å². The number of ether oxygens (including phenoxy) is 1. The standard InChI is InChI=1S/C13H14N4O3/c18-12-6-20-5-11(12)16-13(19)9-2-1-3-10(4-9)17-7-14-15-8-17/h1-4,7-8,11-12,18H,5-6H2,(H,16,19)/t11-,12-/m0/s1. The van der Waals surface area contributed by atoms with E-state index in [0.29, 0.717) is 12.2 Å². The molecule has 2 N–H and O–H groups in total. The van der Waals surface area contributed by atoms with E-state index in [2.05, 4.69) is 15.5 Å². The average molecular weight is 274 g/mol. The van der Waals surface area contributed by atoms with Gasteiger partial charge in [-0.3, -0.25) is 9.36 Å². The van der Waals surface area contributed by atoms with Gasteiger partial charge in [-0.1, -0.05) is 6.07 Å². The van der Waals surface area contributed by atoms with Gasteiger partial charge >= 0.3 is 0 Å². The molecule has 1 aliphatic heterocycles. The Balaban J connectivity index is 1.76. The first-order valence-electron chi connectivity index (χ1n) is 6.26. The van der Waals surface area contributed by atoms with Crippen LogP contribution in [-0.2, 0) is 4.74 Å². The highest BCUT2D eigenvalue weighted by atomic mass is 16.5. The van der Waals surface area contributed by atoms with Gasteiger partial charge in [-0.15, -0.1) is 10.2 Å². The maximum absolute atomic E-state index is 12.1. The van der Waals surface area contributed by atoms with Crippen molar-refractivity contribution >= 4 is 5.91 Å². The molecular weight excluding hydrogens is 260 g/mol. The Bertz CT molecular complexity index is 599. The molecule has 104 valence electrons. The Morgan fingerprint density at radius 2 is 2.15 bits per heavy atom. The molecule has 1 amide bonds. The Morgan fingerprint density at radius 3 is 2.85 bits per heavy atom. The second-order valence-electron chi connectivity index (χ2n) is 4.60. The topological polar surface area (TPSA) is 89.3 Å². The molecule has 1 fully saturated rings. The zero-order chi connectivity index (χ0) is 13.9. The first-order chi connectivity index (χ1) is 9.74. The number of carbonyl (C=O) groups excluding carboxylic acids is 1. The minimum Gasteiger partial charge on any atom is -0.388 e. The quantitative estimate of drug-likeness (QED) is 0.806. The van der Waals surface area contributed by atoms with E-state index in [1.54, 1.807) is 35.4 Å². The van der Waals surface area contributed by atoms with Gasteiger partial charge in [0.1, 0.15) is 12.7 Å². The van der Waals surface area contributed by atoms with Crippen molar-refractivity contribution in [3.63, 3.8) is 0 Å². The summed E-state index contributed by atoms with van der Waals surface area (Å²) >= 11 is 0. The number of nitrogens with zero attached hydrogens (tertiary/aromatic N) is 3. The summed E-state index contributed by atoms with van der Waals surface area (Å²) in [5.74, 6) is -0.241. The van der Waals surface area contributed by atoms with Crippen molar-refractivity contribution in [2.24, 2.45) is 0 Å². The number of rotatable bonds is 3. The predicted octanol–water partition coefficient (Wildman–Crippen LogP) is -0.243. The summed E-state index contributed by atoms with van der Waals surface area (Å²) in [6, 6.07) is 6.73. The molecule has 0 saturated carbocycles. The Labute approximate surface area is 115 Å². The summed E-state index contributed by atoms with van der Waals surface area (Å²) in [6.45, 7) is 0.587. The van der Waals surface area contributed by atoms with Crippen LogP contribution in [0.3, 0.4) is 0 Å². The minimum atomic E-state index is -0.653. The van der Waals surface area contributed by atoms with E-state index in [-0.39, 0.29) is 18.6 Å². The van der Waals surface area contributed by atoms with Gasteiger partial charge < -0.3 is 15.2 Å². The predicted molar refractivity (Wildman–Crippen MR) is 69.4 cm³/mol. The second kappa shape index (κ2) is 5.40. The van der Waals surface area contributed by atoms with Gasteiger partial charge in [0.15, 0.2) is 0 Å². The highest BCUT2D eigenvalue weighted by molar-refractivity contribution is 5.95. The van der Waals surface area contributed by atoms with Crippen LogP contribution in [0.25, 0.3) is 5.69 Å². The molecular formula is C13H14N4O3. The first kappa shape index (κ1) is 12.8. The van der Waals surface area contributed by atoms with Crippen molar-refractivity contribution in [3.8, 4) is 5.69 Å².